The molecular formula is C19H20N4O4. The Balaban J connectivity index is 1.42. The van der Waals surface area contributed by atoms with Crippen LogP contribution in [0.4, 0.5) is 0 Å². The summed E-state index contributed by atoms with van der Waals surface area (Å²) in [5, 5.41) is 2.72. The Kier molecular flexibility index (Phi) is 5.44. The fraction of sp³-hybridized carbons (Fsp3) is 0.316. The molecule has 0 unspecified atom stereocenters. The van der Waals surface area contributed by atoms with Crippen molar-refractivity contribution in [2.24, 2.45) is 0 Å². The molecule has 0 fully saturated rings. The van der Waals surface area contributed by atoms with Gasteiger partial charge in [-0.1, -0.05) is 12.1 Å². The van der Waals surface area contributed by atoms with Crippen LogP contribution in [-0.2, 0) is 11.3 Å². The molecule has 0 bridgehead atoms. The van der Waals surface area contributed by atoms with Gasteiger partial charge in [-0.25, -0.2) is 4.98 Å². The number of benzene rings is 1. The largest absolute Gasteiger partial charge is 0.354 e. The Morgan fingerprint density at radius 2 is 1.74 bits per heavy atom. The molecule has 27 heavy (non-hydrogen) atoms. The Hall–Kier alpha value is -3.29. The minimum absolute atomic E-state index is 0.164. The molecule has 1 aromatic carbocycles. The van der Waals surface area contributed by atoms with Gasteiger partial charge in [0.25, 0.3) is 17.4 Å². The summed E-state index contributed by atoms with van der Waals surface area (Å²) in [7, 11) is 0. The van der Waals surface area contributed by atoms with Crippen LogP contribution >= 0.6 is 0 Å². The second-order valence-electron chi connectivity index (χ2n) is 6.32. The maximum absolute atomic E-state index is 12.2. The highest BCUT2D eigenvalue weighted by atomic mass is 16.2. The number of nitrogens with zero attached hydrogens (tertiary/aromatic N) is 3. The monoisotopic (exact) mass is 368 g/mol. The molecule has 1 N–H and O–H groups in total. The first-order valence-electron chi connectivity index (χ1n) is 8.72. The van der Waals surface area contributed by atoms with E-state index in [9.17, 15) is 19.2 Å². The molecule has 2 heterocycles. The van der Waals surface area contributed by atoms with Gasteiger partial charge in [0.2, 0.25) is 5.91 Å². The van der Waals surface area contributed by atoms with Gasteiger partial charge in [0.05, 0.1) is 17.5 Å². The summed E-state index contributed by atoms with van der Waals surface area (Å²) in [6, 6.07) is 8.13. The van der Waals surface area contributed by atoms with E-state index < -0.39 is 0 Å². The Bertz CT molecular complexity index is 916. The van der Waals surface area contributed by atoms with E-state index >= 15 is 0 Å². The summed E-state index contributed by atoms with van der Waals surface area (Å²) in [6.45, 7) is 2.57. The van der Waals surface area contributed by atoms with E-state index in [0.29, 0.717) is 36.3 Å². The second kappa shape index (κ2) is 7.94. The Labute approximate surface area is 155 Å². The van der Waals surface area contributed by atoms with E-state index in [4.69, 9.17) is 0 Å². The predicted molar refractivity (Wildman–Crippen MR) is 97.3 cm³/mol. The average molecular weight is 368 g/mol. The molecule has 1 aliphatic rings. The predicted octanol–water partition coefficient (Wildman–Crippen LogP) is 0.744. The van der Waals surface area contributed by atoms with E-state index in [-0.39, 0.29) is 36.2 Å². The van der Waals surface area contributed by atoms with E-state index in [1.807, 2.05) is 0 Å². The number of imide groups is 1. The van der Waals surface area contributed by atoms with Gasteiger partial charge in [0.1, 0.15) is 0 Å². The van der Waals surface area contributed by atoms with Crippen molar-refractivity contribution in [1.29, 1.82) is 0 Å². The van der Waals surface area contributed by atoms with E-state index in [0.717, 1.165) is 0 Å². The number of hydrogen-bond acceptors (Lipinski definition) is 5. The van der Waals surface area contributed by atoms with Crippen molar-refractivity contribution in [3.05, 3.63) is 63.8 Å². The highest BCUT2D eigenvalue weighted by Gasteiger charge is 2.34. The van der Waals surface area contributed by atoms with Gasteiger partial charge < -0.3 is 5.32 Å². The Morgan fingerprint density at radius 3 is 2.37 bits per heavy atom. The lowest BCUT2D eigenvalue weighted by molar-refractivity contribution is -0.121. The van der Waals surface area contributed by atoms with Crippen molar-refractivity contribution in [3.8, 4) is 0 Å². The molecule has 3 amide bonds. The highest BCUT2D eigenvalue weighted by Crippen LogP contribution is 2.22. The first-order valence-corrected chi connectivity index (χ1v) is 8.72. The van der Waals surface area contributed by atoms with Crippen molar-refractivity contribution in [3.63, 3.8) is 0 Å². The highest BCUT2D eigenvalue weighted by molar-refractivity contribution is 6.21. The third-order valence-corrected chi connectivity index (χ3v) is 4.35. The van der Waals surface area contributed by atoms with E-state index in [2.05, 4.69) is 10.3 Å². The molecule has 0 atom stereocenters. The Morgan fingerprint density at radius 1 is 1.07 bits per heavy atom. The quantitative estimate of drug-likeness (QED) is 0.727. The number of amides is 3. The first kappa shape index (κ1) is 18.5. The third kappa shape index (κ3) is 4.11. The summed E-state index contributed by atoms with van der Waals surface area (Å²) in [5.41, 5.74) is 1.30. The van der Waals surface area contributed by atoms with Crippen molar-refractivity contribution in [2.45, 2.75) is 26.3 Å². The molecule has 0 spiro atoms. The lowest BCUT2D eigenvalue weighted by Crippen LogP contribution is -2.33. The maximum atomic E-state index is 12.2. The minimum atomic E-state index is -0.317. The fourth-order valence-corrected chi connectivity index (χ4v) is 2.93. The van der Waals surface area contributed by atoms with Gasteiger partial charge in [-0.2, -0.15) is 0 Å². The molecule has 0 saturated carbocycles. The molecule has 0 radical (unpaired) electrons. The number of hydrogen-bond donors (Lipinski definition) is 1. The maximum Gasteiger partial charge on any atom is 0.261 e. The number of aromatic nitrogens is 2. The van der Waals surface area contributed by atoms with Crippen molar-refractivity contribution in [2.75, 3.05) is 13.1 Å². The van der Waals surface area contributed by atoms with Gasteiger partial charge in [0, 0.05) is 37.8 Å². The number of carbonyl (C=O) groups excluding carboxylic acids is 3. The summed E-state index contributed by atoms with van der Waals surface area (Å²) >= 11 is 0. The molecule has 0 aliphatic carbocycles. The van der Waals surface area contributed by atoms with Crippen LogP contribution in [0.2, 0.25) is 0 Å². The van der Waals surface area contributed by atoms with Gasteiger partial charge in [-0.05, 0) is 25.5 Å². The zero-order valence-corrected chi connectivity index (χ0v) is 15.0. The van der Waals surface area contributed by atoms with Crippen LogP contribution in [0.1, 0.15) is 39.3 Å². The molecule has 1 aromatic heterocycles. The van der Waals surface area contributed by atoms with Crippen molar-refractivity contribution >= 4 is 17.7 Å². The van der Waals surface area contributed by atoms with Crippen molar-refractivity contribution in [1.82, 2.24) is 19.8 Å². The third-order valence-electron chi connectivity index (χ3n) is 4.35. The SMILES string of the molecule is Cc1cc(=O)n(CCNC(=O)CCCN2C(=O)c3ccccc3C2=O)cn1. The second-order valence-corrected chi connectivity index (χ2v) is 6.32. The van der Waals surface area contributed by atoms with E-state index in [1.54, 1.807) is 31.2 Å². The molecule has 8 heteroatoms. The van der Waals surface area contributed by atoms with Crippen LogP contribution < -0.4 is 10.9 Å². The molecular weight excluding hydrogens is 348 g/mol. The summed E-state index contributed by atoms with van der Waals surface area (Å²) in [6.07, 6.45) is 2.02. The molecule has 3 rings (SSSR count). The summed E-state index contributed by atoms with van der Waals surface area (Å²) in [5.74, 6) is -0.829. The van der Waals surface area contributed by atoms with Crippen molar-refractivity contribution < 1.29 is 14.4 Å². The molecule has 0 saturated heterocycles. The summed E-state index contributed by atoms with van der Waals surface area (Å²) < 4.78 is 1.42. The fourth-order valence-electron chi connectivity index (χ4n) is 2.93. The average Bonchev–Trinajstić information content (AvgIpc) is 2.89. The van der Waals surface area contributed by atoms with Crippen LogP contribution in [0.5, 0.6) is 0 Å². The zero-order valence-electron chi connectivity index (χ0n) is 15.0. The van der Waals surface area contributed by atoms with Gasteiger partial charge >= 0.3 is 0 Å². The number of fused-ring (bicyclic) bond motifs is 1. The normalized spacial score (nSPS) is 13.0. The standard InChI is InChI=1S/C19H20N4O4/c1-13-11-17(25)22(12-21-13)10-8-20-16(24)7-4-9-23-18(26)14-5-2-3-6-15(14)19(23)27/h2-3,5-6,11-12H,4,7-10H2,1H3,(H,20,24). The lowest BCUT2D eigenvalue weighted by atomic mass is 10.1. The van der Waals surface area contributed by atoms with Crippen LogP contribution in [0.15, 0.2) is 41.5 Å². The number of carbonyl (C=O) groups is 3. The van der Waals surface area contributed by atoms with Crippen LogP contribution in [0, 0.1) is 6.92 Å². The molecule has 8 nitrogen and oxygen atoms in total. The summed E-state index contributed by atoms with van der Waals surface area (Å²) in [4.78, 5) is 53.3. The molecule has 1 aliphatic heterocycles. The molecule has 2 aromatic rings. The van der Waals surface area contributed by atoms with Gasteiger partial charge in [-0.3, -0.25) is 28.6 Å². The molecule has 140 valence electrons. The zero-order chi connectivity index (χ0) is 19.4. The topological polar surface area (TPSA) is 101 Å². The lowest BCUT2D eigenvalue weighted by Gasteiger charge is -2.13. The van der Waals surface area contributed by atoms with Gasteiger partial charge in [-0.15, -0.1) is 0 Å². The van der Waals surface area contributed by atoms with Crippen LogP contribution in [0.3, 0.4) is 0 Å². The smallest absolute Gasteiger partial charge is 0.261 e. The van der Waals surface area contributed by atoms with Gasteiger partial charge in [0.15, 0.2) is 0 Å². The minimum Gasteiger partial charge on any atom is -0.354 e. The number of aryl methyl sites for hydroxylation is 1. The van der Waals surface area contributed by atoms with Crippen LogP contribution in [0.25, 0.3) is 0 Å². The first-order chi connectivity index (χ1) is 13.0. The van der Waals surface area contributed by atoms with Crippen LogP contribution in [-0.4, -0.2) is 45.3 Å². The number of nitrogens with one attached hydrogen (secondary N) is 1. The number of rotatable bonds is 7. The van der Waals surface area contributed by atoms with E-state index in [1.165, 1.54) is 21.9 Å².